The lowest BCUT2D eigenvalue weighted by Crippen LogP contribution is -2.06. The number of aromatic hydroxyl groups is 1. The molecule has 20 heavy (non-hydrogen) atoms. The second-order valence-corrected chi connectivity index (χ2v) is 4.16. The summed E-state index contributed by atoms with van der Waals surface area (Å²) in [5.74, 6) is 0.161. The Morgan fingerprint density at radius 3 is 2.95 bits per heavy atom. The number of nitrogens with zero attached hydrogens (tertiary/aromatic N) is 2. The molecule has 1 heterocycles. The highest BCUT2D eigenvalue weighted by molar-refractivity contribution is 6.01. The molecule has 0 saturated carbocycles. The number of phenols is 1. The molecule has 0 atom stereocenters. The second kappa shape index (κ2) is 5.92. The number of phenolic OH excluding ortho intramolecular Hbond substituents is 1. The first-order chi connectivity index (χ1) is 9.58. The first-order valence-electron chi connectivity index (χ1n) is 5.93. The van der Waals surface area contributed by atoms with Crippen LogP contribution in [-0.2, 0) is 11.8 Å². The van der Waals surface area contributed by atoms with Crippen LogP contribution >= 0.6 is 0 Å². The number of amides is 1. The Balaban J connectivity index is 2.03. The molecule has 6 heteroatoms. The van der Waals surface area contributed by atoms with Gasteiger partial charge >= 0.3 is 0 Å². The van der Waals surface area contributed by atoms with E-state index in [2.05, 4.69) is 10.4 Å². The minimum Gasteiger partial charge on any atom is -0.504 e. The third-order valence-corrected chi connectivity index (χ3v) is 2.60. The quantitative estimate of drug-likeness (QED) is 0.833. The van der Waals surface area contributed by atoms with Gasteiger partial charge in [-0.05, 0) is 23.8 Å². The van der Waals surface area contributed by atoms with Crippen LogP contribution in [0, 0.1) is 0 Å². The number of carbonyl (C=O) groups is 1. The summed E-state index contributed by atoms with van der Waals surface area (Å²) in [7, 11) is 3.24. The molecule has 0 spiro atoms. The summed E-state index contributed by atoms with van der Waals surface area (Å²) in [5, 5.41) is 16.1. The van der Waals surface area contributed by atoms with Crippen LogP contribution in [-0.4, -0.2) is 27.9 Å². The van der Waals surface area contributed by atoms with Gasteiger partial charge in [0.25, 0.3) is 0 Å². The van der Waals surface area contributed by atoms with Crippen molar-refractivity contribution < 1.29 is 14.6 Å². The maximum absolute atomic E-state index is 11.7. The van der Waals surface area contributed by atoms with Gasteiger partial charge in [-0.25, -0.2) is 0 Å². The van der Waals surface area contributed by atoms with Gasteiger partial charge in [-0.3, -0.25) is 9.48 Å². The average molecular weight is 273 g/mol. The summed E-state index contributed by atoms with van der Waals surface area (Å²) in [5.41, 5.74) is 1.38. The number of benzene rings is 1. The zero-order chi connectivity index (χ0) is 14.5. The van der Waals surface area contributed by atoms with E-state index in [9.17, 15) is 9.90 Å². The van der Waals surface area contributed by atoms with Gasteiger partial charge in [-0.1, -0.05) is 6.07 Å². The predicted octanol–water partition coefficient (Wildman–Crippen LogP) is 1.79. The van der Waals surface area contributed by atoms with E-state index in [4.69, 9.17) is 4.74 Å². The molecule has 0 aliphatic carbocycles. The molecule has 104 valence electrons. The van der Waals surface area contributed by atoms with E-state index in [1.165, 1.54) is 19.3 Å². The second-order valence-electron chi connectivity index (χ2n) is 4.16. The molecule has 0 bridgehead atoms. The fraction of sp³-hybridized carbons (Fsp3) is 0.143. The van der Waals surface area contributed by atoms with Crippen molar-refractivity contribution in [3.8, 4) is 11.5 Å². The predicted molar refractivity (Wildman–Crippen MR) is 75.5 cm³/mol. The molecule has 0 fully saturated rings. The monoisotopic (exact) mass is 273 g/mol. The van der Waals surface area contributed by atoms with Gasteiger partial charge in [0.05, 0.1) is 19.0 Å². The number of rotatable bonds is 4. The molecule has 2 N–H and O–H groups in total. The van der Waals surface area contributed by atoms with Crippen molar-refractivity contribution in [1.29, 1.82) is 0 Å². The number of hydrogen-bond acceptors (Lipinski definition) is 4. The van der Waals surface area contributed by atoms with E-state index in [-0.39, 0.29) is 11.7 Å². The Morgan fingerprint density at radius 1 is 1.50 bits per heavy atom. The molecule has 1 amide bonds. The van der Waals surface area contributed by atoms with E-state index in [1.807, 2.05) is 0 Å². The van der Waals surface area contributed by atoms with Gasteiger partial charge < -0.3 is 15.2 Å². The topological polar surface area (TPSA) is 76.4 Å². The minimum atomic E-state index is -0.259. The summed E-state index contributed by atoms with van der Waals surface area (Å²) in [6.07, 6.45) is 6.30. The molecule has 6 nitrogen and oxygen atoms in total. The molecule has 0 unspecified atom stereocenters. The molecule has 0 aliphatic rings. The minimum absolute atomic E-state index is 0.0597. The number of methoxy groups -OCH3 is 1. The Bertz CT molecular complexity index is 647. The third kappa shape index (κ3) is 3.38. The van der Waals surface area contributed by atoms with Crippen molar-refractivity contribution in [2.24, 2.45) is 7.05 Å². The maximum atomic E-state index is 11.7. The van der Waals surface area contributed by atoms with Gasteiger partial charge in [-0.2, -0.15) is 5.10 Å². The van der Waals surface area contributed by atoms with Gasteiger partial charge in [0, 0.05) is 19.3 Å². The first-order valence-corrected chi connectivity index (χ1v) is 5.93. The highest BCUT2D eigenvalue weighted by Gasteiger charge is 2.02. The van der Waals surface area contributed by atoms with Gasteiger partial charge in [-0.15, -0.1) is 0 Å². The molecule has 0 saturated heterocycles. The summed E-state index contributed by atoms with van der Waals surface area (Å²) >= 11 is 0. The molecular weight excluding hydrogens is 258 g/mol. The van der Waals surface area contributed by atoms with Crippen LogP contribution in [0.5, 0.6) is 11.5 Å². The number of aryl methyl sites for hydroxylation is 1. The first kappa shape index (κ1) is 13.7. The Hall–Kier alpha value is -2.76. The zero-order valence-corrected chi connectivity index (χ0v) is 11.2. The van der Waals surface area contributed by atoms with Crippen LogP contribution in [0.25, 0.3) is 6.08 Å². The Morgan fingerprint density at radius 2 is 2.30 bits per heavy atom. The lowest BCUT2D eigenvalue weighted by atomic mass is 10.2. The van der Waals surface area contributed by atoms with Gasteiger partial charge in [0.1, 0.15) is 0 Å². The van der Waals surface area contributed by atoms with E-state index in [0.29, 0.717) is 11.4 Å². The number of nitrogens with one attached hydrogen (secondary N) is 1. The summed E-state index contributed by atoms with van der Waals surface area (Å²) in [6.45, 7) is 0. The van der Waals surface area contributed by atoms with E-state index < -0.39 is 0 Å². The largest absolute Gasteiger partial charge is 0.504 e. The highest BCUT2D eigenvalue weighted by atomic mass is 16.5. The number of aromatic nitrogens is 2. The van der Waals surface area contributed by atoms with Crippen LogP contribution in [0.3, 0.4) is 0 Å². The number of ether oxygens (including phenoxy) is 1. The molecule has 2 aromatic rings. The van der Waals surface area contributed by atoms with Crippen molar-refractivity contribution in [2.45, 2.75) is 0 Å². The van der Waals surface area contributed by atoms with Crippen molar-refractivity contribution in [3.63, 3.8) is 0 Å². The van der Waals surface area contributed by atoms with Crippen molar-refractivity contribution >= 4 is 17.7 Å². The standard InChI is InChI=1S/C14H15N3O3/c1-17-9-11(8-15-17)16-14(19)6-4-10-3-5-12(18)13(7-10)20-2/h3-9,18H,1-2H3,(H,16,19)/b6-4+. The normalized spacial score (nSPS) is 10.7. The lowest BCUT2D eigenvalue weighted by molar-refractivity contribution is -0.111. The van der Waals surface area contributed by atoms with Crippen LogP contribution in [0.4, 0.5) is 5.69 Å². The summed E-state index contributed by atoms with van der Waals surface area (Å²) in [6, 6.07) is 4.84. The summed E-state index contributed by atoms with van der Waals surface area (Å²) < 4.78 is 6.60. The smallest absolute Gasteiger partial charge is 0.248 e. The Kier molecular flexibility index (Phi) is 4.05. The Labute approximate surface area is 116 Å². The van der Waals surface area contributed by atoms with E-state index in [1.54, 1.807) is 42.3 Å². The molecule has 0 aliphatic heterocycles. The van der Waals surface area contributed by atoms with Crippen LogP contribution in [0.2, 0.25) is 0 Å². The molecule has 2 rings (SSSR count). The number of hydrogen-bond donors (Lipinski definition) is 2. The van der Waals surface area contributed by atoms with E-state index >= 15 is 0 Å². The SMILES string of the molecule is COc1cc(/C=C/C(=O)Nc2cnn(C)c2)ccc1O. The lowest BCUT2D eigenvalue weighted by Gasteiger charge is -2.03. The highest BCUT2D eigenvalue weighted by Crippen LogP contribution is 2.26. The fourth-order valence-corrected chi connectivity index (χ4v) is 1.64. The van der Waals surface area contributed by atoms with Crippen molar-refractivity contribution in [1.82, 2.24) is 9.78 Å². The van der Waals surface area contributed by atoms with Crippen LogP contribution < -0.4 is 10.1 Å². The van der Waals surface area contributed by atoms with E-state index in [0.717, 1.165) is 5.56 Å². The number of anilines is 1. The van der Waals surface area contributed by atoms with Crippen molar-refractivity contribution in [3.05, 3.63) is 42.2 Å². The zero-order valence-electron chi connectivity index (χ0n) is 11.2. The summed E-state index contributed by atoms with van der Waals surface area (Å²) in [4.78, 5) is 11.7. The maximum Gasteiger partial charge on any atom is 0.248 e. The molecular formula is C14H15N3O3. The third-order valence-electron chi connectivity index (χ3n) is 2.60. The van der Waals surface area contributed by atoms with Crippen molar-refractivity contribution in [2.75, 3.05) is 12.4 Å². The fourth-order valence-electron chi connectivity index (χ4n) is 1.64. The number of carbonyl (C=O) groups excluding carboxylic acids is 1. The van der Waals surface area contributed by atoms with Gasteiger partial charge in [0.15, 0.2) is 11.5 Å². The van der Waals surface area contributed by atoms with Crippen LogP contribution in [0.15, 0.2) is 36.7 Å². The molecule has 1 aromatic heterocycles. The molecule has 1 aromatic carbocycles. The van der Waals surface area contributed by atoms with Gasteiger partial charge in [0.2, 0.25) is 5.91 Å². The average Bonchev–Trinajstić information content (AvgIpc) is 2.83. The van der Waals surface area contributed by atoms with Crippen LogP contribution in [0.1, 0.15) is 5.56 Å². The molecule has 0 radical (unpaired) electrons.